The van der Waals surface area contributed by atoms with Gasteiger partial charge in [-0.1, -0.05) is 6.58 Å². The third-order valence-corrected chi connectivity index (χ3v) is 2.33. The number of hydrogen-bond donors (Lipinski definition) is 2. The fourth-order valence-corrected chi connectivity index (χ4v) is 1.45. The van der Waals surface area contributed by atoms with E-state index in [1.807, 2.05) is 0 Å². The van der Waals surface area contributed by atoms with Crippen LogP contribution in [-0.4, -0.2) is 28.5 Å². The smallest absolute Gasteiger partial charge is 0.330 e. The second-order valence-electron chi connectivity index (χ2n) is 2.92. The van der Waals surface area contributed by atoms with E-state index in [9.17, 15) is 4.79 Å². The number of carbonyl (C=O) groups excluding carboxylic acids is 1. The van der Waals surface area contributed by atoms with E-state index in [2.05, 4.69) is 22.9 Å². The molecule has 1 unspecified atom stereocenters. The molecule has 7 heteroatoms. The minimum Gasteiger partial charge on any atom is -0.460 e. The Kier molecular flexibility index (Phi) is 6.96. The average Bonchev–Trinajstić information content (AvgIpc) is 2.11. The lowest BCUT2D eigenvalue weighted by Crippen LogP contribution is -2.13. The van der Waals surface area contributed by atoms with Crippen LogP contribution in [0.2, 0.25) is 0 Å². The third kappa shape index (κ3) is 10.0. The van der Waals surface area contributed by atoms with E-state index in [-0.39, 0.29) is 12.7 Å². The quantitative estimate of drug-likeness (QED) is 0.307. The molecule has 0 aromatic heterocycles. The summed E-state index contributed by atoms with van der Waals surface area (Å²) in [5, 5.41) is 0. The Morgan fingerprint density at radius 2 is 2.27 bits per heavy atom. The molecule has 0 bridgehead atoms. The first-order valence-electron chi connectivity index (χ1n) is 4.38. The molecule has 0 aromatic rings. The Bertz CT molecular complexity index is 262. The molecule has 0 aliphatic rings. The zero-order valence-corrected chi connectivity index (χ0v) is 10.2. The Hall–Kier alpha value is -0.260. The first kappa shape index (κ1) is 14.7. The molecule has 0 aliphatic carbocycles. The van der Waals surface area contributed by atoms with Crippen molar-refractivity contribution in [2.24, 2.45) is 0 Å². The summed E-state index contributed by atoms with van der Waals surface area (Å²) in [7, 11) is 0. The van der Waals surface area contributed by atoms with E-state index in [4.69, 9.17) is 14.5 Å². The van der Waals surface area contributed by atoms with E-state index in [1.54, 1.807) is 6.92 Å². The van der Waals surface area contributed by atoms with Gasteiger partial charge in [0.05, 0.1) is 12.7 Å². The number of ether oxygens (including phenoxy) is 1. The van der Waals surface area contributed by atoms with Crippen molar-refractivity contribution in [2.45, 2.75) is 25.9 Å². The molecule has 0 saturated heterocycles. The second kappa shape index (κ2) is 7.09. The summed E-state index contributed by atoms with van der Waals surface area (Å²) >= 11 is 4.25. The first-order valence-corrected chi connectivity index (χ1v) is 7.01. The van der Waals surface area contributed by atoms with Crippen LogP contribution < -0.4 is 0 Å². The van der Waals surface area contributed by atoms with Crippen LogP contribution in [0.15, 0.2) is 12.7 Å². The van der Waals surface area contributed by atoms with Gasteiger partial charge in [0.1, 0.15) is 0 Å². The van der Waals surface area contributed by atoms with Crippen molar-refractivity contribution in [3.8, 4) is 0 Å². The largest absolute Gasteiger partial charge is 0.460 e. The fourth-order valence-electron chi connectivity index (χ4n) is 0.860. The highest BCUT2D eigenvalue weighted by Crippen LogP contribution is 2.36. The van der Waals surface area contributed by atoms with Gasteiger partial charge in [0, 0.05) is 6.08 Å². The molecule has 0 radical (unpaired) electrons. The van der Waals surface area contributed by atoms with Gasteiger partial charge >= 0.3 is 12.7 Å². The number of hydrogen-bond acceptors (Lipinski definition) is 4. The molecule has 2 N–H and O–H groups in total. The predicted octanol–water partition coefficient (Wildman–Crippen LogP) is 1.11. The molecule has 0 aliphatic heterocycles. The maximum absolute atomic E-state index is 10.8. The summed E-state index contributed by atoms with van der Waals surface area (Å²) in [5.41, 5.74) is 0. The van der Waals surface area contributed by atoms with E-state index in [0.29, 0.717) is 12.8 Å². The maximum atomic E-state index is 10.8. The van der Waals surface area contributed by atoms with Crippen molar-refractivity contribution in [1.29, 1.82) is 0 Å². The Labute approximate surface area is 94.0 Å². The zero-order valence-electron chi connectivity index (χ0n) is 8.46. The van der Waals surface area contributed by atoms with Crippen LogP contribution in [0.1, 0.15) is 19.8 Å². The predicted molar refractivity (Wildman–Crippen MR) is 59.7 cm³/mol. The number of carbonyl (C=O) groups is 1. The van der Waals surface area contributed by atoms with Crippen LogP contribution in [0.3, 0.4) is 0 Å². The zero-order chi connectivity index (χ0) is 11.9. The molecular formula is C8H15O5PS. The van der Waals surface area contributed by atoms with Gasteiger partial charge in [-0.25, -0.2) is 4.79 Å². The highest BCUT2D eigenvalue weighted by atomic mass is 32.5. The van der Waals surface area contributed by atoms with Gasteiger partial charge in [0.15, 0.2) is 0 Å². The topological polar surface area (TPSA) is 76.0 Å². The number of rotatable bonds is 7. The molecule has 0 saturated carbocycles. The standard InChI is InChI=1S/C8H15O5PS/c1-3-8(9)13-7(2)5-4-6-12-14(10,11)15/h3,7H,1,4-6H2,2H3,(H2,10,11,15). The van der Waals surface area contributed by atoms with Gasteiger partial charge in [-0.3, -0.25) is 0 Å². The molecule has 0 aromatic carbocycles. The van der Waals surface area contributed by atoms with E-state index in [1.165, 1.54) is 0 Å². The van der Waals surface area contributed by atoms with Gasteiger partial charge in [-0.05, 0) is 31.6 Å². The van der Waals surface area contributed by atoms with Crippen molar-refractivity contribution in [3.05, 3.63) is 12.7 Å². The molecule has 5 nitrogen and oxygen atoms in total. The second-order valence-corrected chi connectivity index (χ2v) is 5.58. The minimum absolute atomic E-state index is 0.139. The van der Waals surface area contributed by atoms with Crippen molar-refractivity contribution < 1.29 is 23.8 Å². The Balaban J connectivity index is 3.55. The van der Waals surface area contributed by atoms with Crippen molar-refractivity contribution in [3.63, 3.8) is 0 Å². The highest BCUT2D eigenvalue weighted by molar-refractivity contribution is 8.06. The van der Waals surface area contributed by atoms with E-state index >= 15 is 0 Å². The van der Waals surface area contributed by atoms with Gasteiger partial charge in [0.25, 0.3) is 0 Å². The van der Waals surface area contributed by atoms with E-state index in [0.717, 1.165) is 6.08 Å². The molecule has 0 heterocycles. The average molecular weight is 254 g/mol. The van der Waals surface area contributed by atoms with Gasteiger partial charge in [0.2, 0.25) is 0 Å². The van der Waals surface area contributed by atoms with Crippen LogP contribution in [-0.2, 0) is 25.9 Å². The molecule has 0 amide bonds. The van der Waals surface area contributed by atoms with Crippen LogP contribution in [0.25, 0.3) is 0 Å². The molecule has 88 valence electrons. The summed E-state index contributed by atoms with van der Waals surface area (Å²) in [6.07, 6.45) is 1.93. The lowest BCUT2D eigenvalue weighted by Gasteiger charge is -2.12. The molecule has 1 atom stereocenters. The third-order valence-electron chi connectivity index (χ3n) is 1.50. The van der Waals surface area contributed by atoms with Crippen molar-refractivity contribution >= 4 is 24.5 Å². The summed E-state index contributed by atoms with van der Waals surface area (Å²) in [4.78, 5) is 28.2. The molecule has 0 fully saturated rings. The molecule has 15 heavy (non-hydrogen) atoms. The van der Waals surface area contributed by atoms with Gasteiger partial charge < -0.3 is 19.0 Å². The Morgan fingerprint density at radius 1 is 1.67 bits per heavy atom. The summed E-state index contributed by atoms with van der Waals surface area (Å²) in [5.74, 6) is -0.474. The maximum Gasteiger partial charge on any atom is 0.330 e. The normalized spacial score (nSPS) is 13.3. The van der Waals surface area contributed by atoms with Gasteiger partial charge in [-0.15, -0.1) is 0 Å². The lowest BCUT2D eigenvalue weighted by atomic mass is 10.2. The van der Waals surface area contributed by atoms with Crippen LogP contribution >= 0.6 is 6.72 Å². The summed E-state index contributed by atoms with van der Waals surface area (Å²) in [6.45, 7) is 1.59. The molecular weight excluding hydrogens is 239 g/mol. The van der Waals surface area contributed by atoms with E-state index < -0.39 is 12.7 Å². The van der Waals surface area contributed by atoms with Gasteiger partial charge in [-0.2, -0.15) is 0 Å². The van der Waals surface area contributed by atoms with Crippen molar-refractivity contribution in [1.82, 2.24) is 0 Å². The van der Waals surface area contributed by atoms with Crippen LogP contribution in [0.4, 0.5) is 0 Å². The summed E-state index contributed by atoms with van der Waals surface area (Å²) in [6, 6.07) is 0. The monoisotopic (exact) mass is 254 g/mol. The van der Waals surface area contributed by atoms with Crippen molar-refractivity contribution in [2.75, 3.05) is 6.61 Å². The first-order chi connectivity index (χ1) is 6.85. The molecule has 0 rings (SSSR count). The molecule has 0 spiro atoms. The Morgan fingerprint density at radius 3 is 2.73 bits per heavy atom. The lowest BCUT2D eigenvalue weighted by molar-refractivity contribution is -0.142. The van der Waals surface area contributed by atoms with Crippen LogP contribution in [0, 0.1) is 0 Å². The van der Waals surface area contributed by atoms with Crippen LogP contribution in [0.5, 0.6) is 0 Å². The number of esters is 1. The SMILES string of the molecule is C=CC(=O)OC(C)CCCOP(O)(O)=S. The minimum atomic E-state index is -3.55. The fraction of sp³-hybridized carbons (Fsp3) is 0.625. The highest BCUT2D eigenvalue weighted by Gasteiger charge is 2.09. The summed E-state index contributed by atoms with van der Waals surface area (Å²) < 4.78 is 9.46.